The molecule has 0 radical (unpaired) electrons. The van der Waals surface area contributed by atoms with E-state index < -0.39 is 8.07 Å². The van der Waals surface area contributed by atoms with Crippen LogP contribution in [-0.4, -0.2) is 8.07 Å². The second-order valence-electron chi connectivity index (χ2n) is 9.21. The first kappa shape index (κ1) is 22.9. The number of para-hydroxylation sites is 1. The number of benzene rings is 5. The lowest BCUT2D eigenvalue weighted by Crippen LogP contribution is -2.55. The van der Waals surface area contributed by atoms with Gasteiger partial charge in [-0.05, 0) is 42.4 Å². The van der Waals surface area contributed by atoms with Gasteiger partial charge >= 0.3 is 0 Å². The fourth-order valence-corrected chi connectivity index (χ4v) is 9.90. The highest BCUT2D eigenvalue weighted by Gasteiger charge is 2.36. The van der Waals surface area contributed by atoms with Crippen molar-refractivity contribution in [2.24, 2.45) is 0 Å². The Morgan fingerprint density at radius 1 is 0.400 bits per heavy atom. The summed E-state index contributed by atoms with van der Waals surface area (Å²) in [7, 11) is -2.12. The van der Waals surface area contributed by atoms with E-state index >= 15 is 0 Å². The fourth-order valence-electron chi connectivity index (χ4n) is 4.97. The van der Waals surface area contributed by atoms with Gasteiger partial charge in [0.05, 0.1) is 8.07 Å². The first-order chi connectivity index (χ1) is 17.3. The molecule has 0 fully saturated rings. The molecule has 2 heteroatoms. The van der Waals surface area contributed by atoms with E-state index in [0.29, 0.717) is 0 Å². The minimum atomic E-state index is -2.12. The summed E-state index contributed by atoms with van der Waals surface area (Å²) in [6.07, 6.45) is 0. The average Bonchev–Trinajstić information content (AvgIpc) is 2.91. The van der Waals surface area contributed by atoms with Crippen molar-refractivity contribution in [3.05, 3.63) is 162 Å². The van der Waals surface area contributed by atoms with Gasteiger partial charge < -0.3 is 4.74 Å². The summed E-state index contributed by atoms with van der Waals surface area (Å²) in [5.41, 5.74) is 4.21. The molecule has 5 rings (SSSR count). The van der Waals surface area contributed by atoms with E-state index in [1.54, 1.807) is 0 Å². The van der Waals surface area contributed by atoms with Crippen LogP contribution in [0.25, 0.3) is 0 Å². The van der Waals surface area contributed by atoms with Crippen molar-refractivity contribution in [3.63, 3.8) is 0 Å². The second kappa shape index (κ2) is 11.0. The van der Waals surface area contributed by atoms with Gasteiger partial charge in [0.2, 0.25) is 0 Å². The number of hydrogen-bond acceptors (Lipinski definition) is 1. The Labute approximate surface area is 209 Å². The van der Waals surface area contributed by atoms with E-state index in [0.717, 1.165) is 29.6 Å². The first-order valence-electron chi connectivity index (χ1n) is 12.2. The van der Waals surface area contributed by atoms with Gasteiger partial charge in [0.15, 0.2) is 0 Å². The number of ether oxygens (including phenoxy) is 1. The maximum absolute atomic E-state index is 6.29. The topological polar surface area (TPSA) is 9.23 Å². The van der Waals surface area contributed by atoms with Crippen LogP contribution in [0, 0.1) is 0 Å². The van der Waals surface area contributed by atoms with Crippen LogP contribution in [0.5, 0.6) is 11.5 Å². The van der Waals surface area contributed by atoms with E-state index in [9.17, 15) is 0 Å². The largest absolute Gasteiger partial charge is 0.457 e. The molecule has 1 nitrogen and oxygen atoms in total. The third-order valence-electron chi connectivity index (χ3n) is 6.58. The highest BCUT2D eigenvalue weighted by atomic mass is 28.3. The Bertz CT molecular complexity index is 1220. The van der Waals surface area contributed by atoms with E-state index in [1.807, 2.05) is 30.3 Å². The minimum Gasteiger partial charge on any atom is -0.457 e. The summed E-state index contributed by atoms with van der Waals surface area (Å²) >= 11 is 0. The maximum atomic E-state index is 6.29. The van der Waals surface area contributed by atoms with E-state index in [2.05, 4.69) is 115 Å². The van der Waals surface area contributed by atoms with Crippen LogP contribution in [0.3, 0.4) is 0 Å². The summed E-state index contributed by atoms with van der Waals surface area (Å²) in [5, 5.41) is 1.43. The van der Waals surface area contributed by atoms with Gasteiger partial charge in [0.25, 0.3) is 0 Å². The molecule has 0 aliphatic rings. The van der Waals surface area contributed by atoms with Crippen LogP contribution in [-0.2, 0) is 18.1 Å². The van der Waals surface area contributed by atoms with E-state index in [-0.39, 0.29) is 0 Å². The average molecular weight is 471 g/mol. The SMILES string of the molecule is c1ccc(C[Si](Cc2ccccc2)(Cc2ccccc2)c2cccc(Oc3ccccc3)c2)cc1. The van der Waals surface area contributed by atoms with Gasteiger partial charge in [0.1, 0.15) is 11.5 Å². The van der Waals surface area contributed by atoms with Crippen LogP contribution < -0.4 is 9.92 Å². The molecule has 35 heavy (non-hydrogen) atoms. The minimum absolute atomic E-state index is 0.867. The second-order valence-corrected chi connectivity index (χ2v) is 13.4. The number of hydrogen-bond donors (Lipinski definition) is 0. The van der Waals surface area contributed by atoms with Crippen LogP contribution in [0.15, 0.2) is 146 Å². The van der Waals surface area contributed by atoms with Crippen LogP contribution in [0.2, 0.25) is 0 Å². The standard InChI is InChI=1S/C33H30OSi/c1-5-14-28(15-6-1)25-35(26-29-16-7-2-8-17-29,27-30-18-9-3-10-19-30)33-23-13-22-32(24-33)34-31-20-11-4-12-21-31/h1-24H,25-27H2. The smallest absolute Gasteiger partial charge is 0.127 e. The Balaban J connectivity index is 1.61. The van der Waals surface area contributed by atoms with Gasteiger partial charge in [-0.25, -0.2) is 0 Å². The molecular formula is C33H30OSi. The molecule has 5 aromatic rings. The highest BCUT2D eigenvalue weighted by Crippen LogP contribution is 2.26. The molecule has 0 atom stereocenters. The molecule has 172 valence electrons. The fraction of sp³-hybridized carbons (Fsp3) is 0.0909. The summed E-state index contributed by atoms with van der Waals surface area (Å²) in [5.74, 6) is 1.77. The molecule has 0 heterocycles. The predicted octanol–water partition coefficient (Wildman–Crippen LogP) is 7.48. The Morgan fingerprint density at radius 2 is 0.800 bits per heavy atom. The van der Waals surface area contributed by atoms with Crippen molar-refractivity contribution >= 4 is 13.3 Å². The Kier molecular flexibility index (Phi) is 7.21. The highest BCUT2D eigenvalue weighted by molar-refractivity contribution is 6.90. The Hall–Kier alpha value is -3.88. The zero-order valence-corrected chi connectivity index (χ0v) is 20.9. The lowest BCUT2D eigenvalue weighted by atomic mass is 10.2. The summed E-state index contributed by atoms with van der Waals surface area (Å²) in [6.45, 7) is 0. The third kappa shape index (κ3) is 5.98. The third-order valence-corrected chi connectivity index (χ3v) is 11.4. The molecular weight excluding hydrogens is 440 g/mol. The molecule has 0 aliphatic heterocycles. The molecule has 5 aromatic carbocycles. The van der Waals surface area contributed by atoms with Crippen LogP contribution in [0.1, 0.15) is 16.7 Å². The van der Waals surface area contributed by atoms with Gasteiger partial charge in [-0.1, -0.05) is 143 Å². The molecule has 0 unspecified atom stereocenters. The zero-order valence-electron chi connectivity index (χ0n) is 19.9. The van der Waals surface area contributed by atoms with Gasteiger partial charge in [-0.15, -0.1) is 0 Å². The summed E-state index contributed by atoms with van der Waals surface area (Å²) in [4.78, 5) is 0. The zero-order chi connectivity index (χ0) is 23.8. The lowest BCUT2D eigenvalue weighted by Gasteiger charge is -2.34. The quantitative estimate of drug-likeness (QED) is 0.203. The molecule has 0 amide bonds. The molecule has 0 saturated heterocycles. The summed E-state index contributed by atoms with van der Waals surface area (Å²) in [6, 6.07) is 55.1. The number of rotatable bonds is 9. The van der Waals surface area contributed by atoms with Crippen LogP contribution >= 0.6 is 0 Å². The van der Waals surface area contributed by atoms with Crippen molar-refractivity contribution in [1.82, 2.24) is 0 Å². The molecule has 0 saturated carbocycles. The van der Waals surface area contributed by atoms with E-state index in [1.165, 1.54) is 21.9 Å². The maximum Gasteiger partial charge on any atom is 0.127 e. The Morgan fingerprint density at radius 3 is 1.26 bits per heavy atom. The van der Waals surface area contributed by atoms with Crippen molar-refractivity contribution in [3.8, 4) is 11.5 Å². The monoisotopic (exact) mass is 470 g/mol. The lowest BCUT2D eigenvalue weighted by molar-refractivity contribution is 0.483. The molecule has 0 bridgehead atoms. The van der Waals surface area contributed by atoms with Crippen molar-refractivity contribution in [2.45, 2.75) is 18.1 Å². The first-order valence-corrected chi connectivity index (χ1v) is 14.9. The van der Waals surface area contributed by atoms with Gasteiger partial charge in [-0.3, -0.25) is 0 Å². The molecule has 0 spiro atoms. The predicted molar refractivity (Wildman–Crippen MR) is 149 cm³/mol. The van der Waals surface area contributed by atoms with Crippen molar-refractivity contribution < 1.29 is 4.74 Å². The van der Waals surface area contributed by atoms with E-state index in [4.69, 9.17) is 4.74 Å². The van der Waals surface area contributed by atoms with Crippen molar-refractivity contribution in [2.75, 3.05) is 0 Å². The molecule has 0 aromatic heterocycles. The summed E-state index contributed by atoms with van der Waals surface area (Å²) < 4.78 is 6.29. The van der Waals surface area contributed by atoms with Crippen LogP contribution in [0.4, 0.5) is 0 Å². The molecule has 0 N–H and O–H groups in total. The van der Waals surface area contributed by atoms with Gasteiger partial charge in [-0.2, -0.15) is 0 Å². The normalized spacial score (nSPS) is 11.2. The van der Waals surface area contributed by atoms with Crippen molar-refractivity contribution in [1.29, 1.82) is 0 Å². The molecule has 0 aliphatic carbocycles. The van der Waals surface area contributed by atoms with Gasteiger partial charge in [0, 0.05) is 0 Å².